The van der Waals surface area contributed by atoms with Gasteiger partial charge < -0.3 is 9.88 Å². The lowest BCUT2D eigenvalue weighted by Gasteiger charge is -2.11. The van der Waals surface area contributed by atoms with Crippen molar-refractivity contribution < 1.29 is 13.2 Å². The van der Waals surface area contributed by atoms with E-state index < -0.39 is 10.0 Å². The van der Waals surface area contributed by atoms with E-state index in [1.54, 1.807) is 42.7 Å². The van der Waals surface area contributed by atoms with Crippen molar-refractivity contribution in [3.05, 3.63) is 53.8 Å². The zero-order valence-electron chi connectivity index (χ0n) is 14.9. The fourth-order valence-corrected chi connectivity index (χ4v) is 3.72. The van der Waals surface area contributed by atoms with Crippen molar-refractivity contribution in [2.75, 3.05) is 19.4 Å². The van der Waals surface area contributed by atoms with Gasteiger partial charge in [-0.3, -0.25) is 4.79 Å². The molecule has 1 heterocycles. The van der Waals surface area contributed by atoms with Gasteiger partial charge in [-0.2, -0.15) is 0 Å². The predicted octanol–water partition coefficient (Wildman–Crippen LogP) is 2.97. The van der Waals surface area contributed by atoms with E-state index in [4.69, 9.17) is 11.6 Å². The van der Waals surface area contributed by atoms with E-state index in [9.17, 15) is 13.2 Å². The average molecular weight is 407 g/mol. The molecule has 1 N–H and O–H groups in total. The quantitative estimate of drug-likeness (QED) is 0.682. The third kappa shape index (κ3) is 4.29. The standard InChI is InChI=1S/C18H19ClN4O3S/c1-22(2)27(25,26)15-6-7-17-16(11-15)20-12-23(17)9-8-18(24)21-14-5-3-4-13(19)10-14/h3-7,10-12H,8-9H2,1-2H3,(H,21,24). The highest BCUT2D eigenvalue weighted by Gasteiger charge is 2.18. The number of anilines is 1. The molecule has 0 bridgehead atoms. The lowest BCUT2D eigenvalue weighted by Crippen LogP contribution is -2.22. The van der Waals surface area contributed by atoms with Gasteiger partial charge in [0.05, 0.1) is 22.3 Å². The van der Waals surface area contributed by atoms with Crippen LogP contribution in [0.4, 0.5) is 5.69 Å². The molecular formula is C18H19ClN4O3S. The molecule has 0 spiro atoms. The molecule has 0 radical (unpaired) electrons. The second kappa shape index (κ2) is 7.67. The number of nitrogens with zero attached hydrogens (tertiary/aromatic N) is 3. The SMILES string of the molecule is CN(C)S(=O)(=O)c1ccc2c(c1)ncn2CCC(=O)Nc1cccc(Cl)c1. The molecule has 9 heteroatoms. The Morgan fingerprint density at radius 1 is 1.22 bits per heavy atom. The van der Waals surface area contributed by atoms with Crippen LogP contribution in [0, 0.1) is 0 Å². The third-order valence-corrected chi connectivity index (χ3v) is 6.11. The predicted molar refractivity (Wildman–Crippen MR) is 105 cm³/mol. The van der Waals surface area contributed by atoms with Gasteiger partial charge in [0.25, 0.3) is 0 Å². The van der Waals surface area contributed by atoms with E-state index in [0.717, 1.165) is 9.82 Å². The Kier molecular flexibility index (Phi) is 5.50. The van der Waals surface area contributed by atoms with Crippen molar-refractivity contribution in [3.63, 3.8) is 0 Å². The normalized spacial score (nSPS) is 11.9. The van der Waals surface area contributed by atoms with E-state index in [2.05, 4.69) is 10.3 Å². The number of carbonyl (C=O) groups is 1. The van der Waals surface area contributed by atoms with Gasteiger partial charge in [0.2, 0.25) is 15.9 Å². The van der Waals surface area contributed by atoms with Gasteiger partial charge in [-0.1, -0.05) is 17.7 Å². The van der Waals surface area contributed by atoms with Gasteiger partial charge in [0, 0.05) is 37.8 Å². The summed E-state index contributed by atoms with van der Waals surface area (Å²) in [6, 6.07) is 11.7. The van der Waals surface area contributed by atoms with E-state index in [1.807, 2.05) is 4.57 Å². The maximum Gasteiger partial charge on any atom is 0.242 e. The van der Waals surface area contributed by atoms with Crippen LogP contribution >= 0.6 is 11.6 Å². The Hall–Kier alpha value is -2.42. The summed E-state index contributed by atoms with van der Waals surface area (Å²) in [5.41, 5.74) is 1.97. The number of aryl methyl sites for hydroxylation is 1. The number of hydrogen-bond donors (Lipinski definition) is 1. The van der Waals surface area contributed by atoms with Crippen LogP contribution in [-0.4, -0.2) is 42.3 Å². The highest BCUT2D eigenvalue weighted by atomic mass is 35.5. The van der Waals surface area contributed by atoms with Crippen LogP contribution in [0.5, 0.6) is 0 Å². The molecular weight excluding hydrogens is 388 g/mol. The van der Waals surface area contributed by atoms with Crippen molar-refractivity contribution in [2.45, 2.75) is 17.9 Å². The topological polar surface area (TPSA) is 84.3 Å². The Bertz CT molecular complexity index is 1090. The molecule has 142 valence electrons. The molecule has 0 aliphatic carbocycles. The molecule has 1 aromatic heterocycles. The first kappa shape index (κ1) is 19.3. The number of aromatic nitrogens is 2. The summed E-state index contributed by atoms with van der Waals surface area (Å²) < 4.78 is 27.4. The molecule has 3 rings (SSSR count). The molecule has 7 nitrogen and oxygen atoms in total. The summed E-state index contributed by atoms with van der Waals surface area (Å²) in [5, 5.41) is 3.35. The first-order valence-corrected chi connectivity index (χ1v) is 10.0. The van der Waals surface area contributed by atoms with E-state index in [0.29, 0.717) is 22.8 Å². The molecule has 27 heavy (non-hydrogen) atoms. The summed E-state index contributed by atoms with van der Waals surface area (Å²) in [7, 11) is -0.548. The van der Waals surface area contributed by atoms with Gasteiger partial charge in [-0.15, -0.1) is 0 Å². The molecule has 0 saturated carbocycles. The molecule has 1 amide bonds. The first-order chi connectivity index (χ1) is 12.8. The zero-order chi connectivity index (χ0) is 19.6. The average Bonchev–Trinajstić information content (AvgIpc) is 3.02. The molecule has 2 aromatic carbocycles. The van der Waals surface area contributed by atoms with Crippen molar-refractivity contribution in [2.24, 2.45) is 0 Å². The summed E-state index contributed by atoms with van der Waals surface area (Å²) in [6.07, 6.45) is 1.85. The van der Waals surface area contributed by atoms with Crippen LogP contribution in [0.3, 0.4) is 0 Å². The lowest BCUT2D eigenvalue weighted by atomic mass is 10.3. The summed E-state index contributed by atoms with van der Waals surface area (Å²) >= 11 is 5.91. The van der Waals surface area contributed by atoms with Crippen LogP contribution in [-0.2, 0) is 21.4 Å². The van der Waals surface area contributed by atoms with Gasteiger partial charge in [0.1, 0.15) is 0 Å². The van der Waals surface area contributed by atoms with Crippen LogP contribution in [0.15, 0.2) is 53.7 Å². The minimum absolute atomic E-state index is 0.147. The maximum atomic E-state index is 12.2. The molecule has 0 atom stereocenters. The number of imidazole rings is 1. The van der Waals surface area contributed by atoms with Crippen molar-refractivity contribution in [1.82, 2.24) is 13.9 Å². The molecule has 0 saturated heterocycles. The second-order valence-corrected chi connectivity index (χ2v) is 8.77. The van der Waals surface area contributed by atoms with Gasteiger partial charge in [-0.25, -0.2) is 17.7 Å². The van der Waals surface area contributed by atoms with Gasteiger partial charge in [-0.05, 0) is 36.4 Å². The largest absolute Gasteiger partial charge is 0.330 e. The molecule has 0 aliphatic heterocycles. The first-order valence-electron chi connectivity index (χ1n) is 8.20. The second-order valence-electron chi connectivity index (χ2n) is 6.18. The molecule has 3 aromatic rings. The number of halogens is 1. The van der Waals surface area contributed by atoms with Crippen LogP contribution < -0.4 is 5.32 Å². The molecule has 0 fully saturated rings. The number of rotatable bonds is 6. The summed E-state index contributed by atoms with van der Waals surface area (Å²) in [4.78, 5) is 16.6. The third-order valence-electron chi connectivity index (χ3n) is 4.06. The van der Waals surface area contributed by atoms with E-state index in [-0.39, 0.29) is 17.2 Å². The van der Waals surface area contributed by atoms with Crippen LogP contribution in [0.25, 0.3) is 11.0 Å². The van der Waals surface area contributed by atoms with Gasteiger partial charge in [0.15, 0.2) is 0 Å². The highest BCUT2D eigenvalue weighted by molar-refractivity contribution is 7.89. The number of fused-ring (bicyclic) bond motifs is 1. The number of nitrogens with one attached hydrogen (secondary N) is 1. The van der Waals surface area contributed by atoms with Crippen LogP contribution in [0.2, 0.25) is 5.02 Å². The highest BCUT2D eigenvalue weighted by Crippen LogP contribution is 2.20. The van der Waals surface area contributed by atoms with Gasteiger partial charge >= 0.3 is 0 Å². The zero-order valence-corrected chi connectivity index (χ0v) is 16.5. The number of hydrogen-bond acceptors (Lipinski definition) is 4. The Morgan fingerprint density at radius 3 is 2.70 bits per heavy atom. The Morgan fingerprint density at radius 2 is 2.00 bits per heavy atom. The Balaban J connectivity index is 1.72. The van der Waals surface area contributed by atoms with Crippen LogP contribution in [0.1, 0.15) is 6.42 Å². The summed E-state index contributed by atoms with van der Waals surface area (Å²) in [5.74, 6) is -0.147. The summed E-state index contributed by atoms with van der Waals surface area (Å²) in [6.45, 7) is 0.419. The maximum absolute atomic E-state index is 12.2. The molecule has 0 aliphatic rings. The smallest absolute Gasteiger partial charge is 0.242 e. The fourth-order valence-electron chi connectivity index (χ4n) is 2.60. The number of benzene rings is 2. The van der Waals surface area contributed by atoms with E-state index >= 15 is 0 Å². The fraction of sp³-hybridized carbons (Fsp3) is 0.222. The van der Waals surface area contributed by atoms with Crippen molar-refractivity contribution in [3.8, 4) is 0 Å². The van der Waals surface area contributed by atoms with Crippen molar-refractivity contribution in [1.29, 1.82) is 0 Å². The number of amides is 1. The minimum atomic E-state index is -3.51. The number of carbonyl (C=O) groups excluding carboxylic acids is 1. The van der Waals surface area contributed by atoms with Crippen molar-refractivity contribution >= 4 is 44.3 Å². The molecule has 0 unspecified atom stereocenters. The monoisotopic (exact) mass is 406 g/mol. The number of sulfonamides is 1. The minimum Gasteiger partial charge on any atom is -0.330 e. The Labute approximate surface area is 162 Å². The lowest BCUT2D eigenvalue weighted by molar-refractivity contribution is -0.116. The van der Waals surface area contributed by atoms with E-state index in [1.165, 1.54) is 20.2 Å².